The number of H-pyrrole nitrogens is 1. The Balaban J connectivity index is 1.75. The Hall–Kier alpha value is -0.760. The molecular weight excluding hydrogens is 334 g/mol. The molecule has 120 valence electrons. The lowest BCUT2D eigenvalue weighted by Gasteiger charge is -2.26. The summed E-state index contributed by atoms with van der Waals surface area (Å²) in [5.74, 6) is 1.82. The second-order valence-corrected chi connectivity index (χ2v) is 7.95. The fourth-order valence-corrected chi connectivity index (χ4v) is 4.48. The highest BCUT2D eigenvalue weighted by molar-refractivity contribution is 9.10. The number of aromatic amines is 1. The van der Waals surface area contributed by atoms with E-state index in [0.717, 1.165) is 11.8 Å². The molecule has 0 amide bonds. The third kappa shape index (κ3) is 3.42. The highest BCUT2D eigenvalue weighted by Gasteiger charge is 2.24. The lowest BCUT2D eigenvalue weighted by atomic mass is 9.79. The van der Waals surface area contributed by atoms with Crippen LogP contribution in [0.1, 0.15) is 63.6 Å². The third-order valence-electron chi connectivity index (χ3n) is 5.46. The van der Waals surface area contributed by atoms with Crippen LogP contribution in [0.5, 0.6) is 0 Å². The molecule has 1 nitrogen and oxygen atoms in total. The van der Waals surface area contributed by atoms with E-state index in [2.05, 4.69) is 53.0 Å². The van der Waals surface area contributed by atoms with Crippen LogP contribution in [0, 0.1) is 11.8 Å². The first-order chi connectivity index (χ1) is 10.7. The summed E-state index contributed by atoms with van der Waals surface area (Å²) in [7, 11) is 0. The van der Waals surface area contributed by atoms with Crippen LogP contribution >= 0.6 is 15.9 Å². The third-order valence-corrected chi connectivity index (χ3v) is 5.96. The van der Waals surface area contributed by atoms with Crippen molar-refractivity contribution in [3.63, 3.8) is 0 Å². The van der Waals surface area contributed by atoms with Crippen molar-refractivity contribution in [1.82, 2.24) is 4.98 Å². The van der Waals surface area contributed by atoms with Crippen LogP contribution in [0.2, 0.25) is 0 Å². The first-order valence-corrected chi connectivity index (χ1v) is 9.79. The molecule has 1 heterocycles. The predicted molar refractivity (Wildman–Crippen MR) is 99.4 cm³/mol. The average Bonchev–Trinajstić information content (AvgIpc) is 2.88. The molecule has 0 radical (unpaired) electrons. The van der Waals surface area contributed by atoms with Crippen LogP contribution < -0.4 is 0 Å². The van der Waals surface area contributed by atoms with Gasteiger partial charge >= 0.3 is 0 Å². The number of halogens is 1. The van der Waals surface area contributed by atoms with E-state index >= 15 is 0 Å². The van der Waals surface area contributed by atoms with E-state index in [1.807, 2.05) is 0 Å². The molecule has 2 aromatic rings. The molecule has 0 saturated heterocycles. The molecule has 0 spiro atoms. The largest absolute Gasteiger partial charge is 0.358 e. The number of aryl methyl sites for hydroxylation is 1. The van der Waals surface area contributed by atoms with Crippen LogP contribution in [-0.4, -0.2) is 4.98 Å². The molecule has 22 heavy (non-hydrogen) atoms. The summed E-state index contributed by atoms with van der Waals surface area (Å²) in [6.45, 7) is 4.68. The number of rotatable bonds is 6. The maximum Gasteiger partial charge on any atom is 0.0459 e. The smallest absolute Gasteiger partial charge is 0.0459 e. The van der Waals surface area contributed by atoms with E-state index in [1.165, 1.54) is 72.4 Å². The molecule has 0 fully saturated rings. The van der Waals surface area contributed by atoms with Crippen LogP contribution in [0.15, 0.2) is 22.7 Å². The lowest BCUT2D eigenvalue weighted by molar-refractivity contribution is 0.313. The molecule has 0 bridgehead atoms. The zero-order valence-corrected chi connectivity index (χ0v) is 15.5. The van der Waals surface area contributed by atoms with Gasteiger partial charge in [-0.15, -0.1) is 0 Å². The number of fused-ring (bicyclic) bond motifs is 3. The Kier molecular flexibility index (Phi) is 5.28. The normalized spacial score (nSPS) is 19.3. The molecule has 2 atom stereocenters. The zero-order valence-electron chi connectivity index (χ0n) is 13.9. The number of aromatic nitrogens is 1. The minimum absolute atomic E-state index is 0.882. The average molecular weight is 362 g/mol. The molecule has 1 N–H and O–H groups in total. The highest BCUT2D eigenvalue weighted by atomic mass is 79.9. The van der Waals surface area contributed by atoms with Gasteiger partial charge in [0, 0.05) is 21.1 Å². The lowest BCUT2D eigenvalue weighted by Crippen LogP contribution is -2.17. The van der Waals surface area contributed by atoms with Gasteiger partial charge in [-0.2, -0.15) is 0 Å². The second kappa shape index (κ2) is 7.21. The van der Waals surface area contributed by atoms with Crippen molar-refractivity contribution < 1.29 is 0 Å². The number of hydrogen-bond acceptors (Lipinski definition) is 0. The molecule has 0 saturated carbocycles. The van der Waals surface area contributed by atoms with Gasteiger partial charge in [0.2, 0.25) is 0 Å². The first kappa shape index (κ1) is 16.1. The number of benzene rings is 1. The molecule has 2 unspecified atom stereocenters. The molecule has 1 aliphatic carbocycles. The SMILES string of the molecule is CCCCC(CC)CC1CCc2[nH]c3ccc(Br)cc3c2C1. The fraction of sp³-hybridized carbons (Fsp3) is 0.600. The molecule has 1 aromatic heterocycles. The monoisotopic (exact) mass is 361 g/mol. The van der Waals surface area contributed by atoms with Crippen molar-refractivity contribution in [3.05, 3.63) is 33.9 Å². The van der Waals surface area contributed by atoms with Crippen LogP contribution in [0.3, 0.4) is 0 Å². The van der Waals surface area contributed by atoms with Crippen LogP contribution in [0.4, 0.5) is 0 Å². The van der Waals surface area contributed by atoms with E-state index in [0.29, 0.717) is 0 Å². The topological polar surface area (TPSA) is 15.8 Å². The van der Waals surface area contributed by atoms with Gasteiger partial charge < -0.3 is 4.98 Å². The molecule has 3 rings (SSSR count). The Morgan fingerprint density at radius 2 is 2.18 bits per heavy atom. The summed E-state index contributed by atoms with van der Waals surface area (Å²) in [5.41, 5.74) is 4.40. The van der Waals surface area contributed by atoms with Crippen LogP contribution in [-0.2, 0) is 12.8 Å². The Morgan fingerprint density at radius 3 is 2.95 bits per heavy atom. The maximum atomic E-state index is 3.64. The van der Waals surface area contributed by atoms with Crippen molar-refractivity contribution in [2.45, 2.75) is 65.2 Å². The summed E-state index contributed by atoms with van der Waals surface area (Å²) < 4.78 is 1.19. The van der Waals surface area contributed by atoms with Gasteiger partial charge in [0.25, 0.3) is 0 Å². The maximum absolute atomic E-state index is 3.64. The minimum atomic E-state index is 0.882. The Labute approximate surface area is 143 Å². The predicted octanol–water partition coefficient (Wildman–Crippen LogP) is 6.64. The Morgan fingerprint density at radius 1 is 1.32 bits per heavy atom. The second-order valence-electron chi connectivity index (χ2n) is 7.03. The number of hydrogen-bond donors (Lipinski definition) is 1. The summed E-state index contributed by atoms with van der Waals surface area (Å²) >= 11 is 3.63. The van der Waals surface area contributed by atoms with Gasteiger partial charge in [-0.25, -0.2) is 0 Å². The zero-order chi connectivity index (χ0) is 15.5. The summed E-state index contributed by atoms with van der Waals surface area (Å²) in [6, 6.07) is 6.64. The van der Waals surface area contributed by atoms with Crippen molar-refractivity contribution in [3.8, 4) is 0 Å². The molecule has 1 aromatic carbocycles. The van der Waals surface area contributed by atoms with Gasteiger partial charge in [-0.1, -0.05) is 55.5 Å². The van der Waals surface area contributed by atoms with E-state index in [9.17, 15) is 0 Å². The standard InChI is InChI=1S/C20H28BrN/c1-3-5-6-14(4-2)11-15-7-9-19-17(12-15)18-13-16(21)8-10-20(18)22-19/h8,10,13-15,22H,3-7,9,11-12H2,1-2H3. The van der Waals surface area contributed by atoms with Crippen LogP contribution in [0.25, 0.3) is 10.9 Å². The van der Waals surface area contributed by atoms with Gasteiger partial charge in [-0.3, -0.25) is 0 Å². The van der Waals surface area contributed by atoms with Gasteiger partial charge in [0.1, 0.15) is 0 Å². The molecule has 0 aliphatic heterocycles. The number of nitrogens with one attached hydrogen (secondary N) is 1. The van der Waals surface area contributed by atoms with E-state index in [-0.39, 0.29) is 0 Å². The van der Waals surface area contributed by atoms with Gasteiger partial charge in [0.15, 0.2) is 0 Å². The van der Waals surface area contributed by atoms with Gasteiger partial charge in [0.05, 0.1) is 0 Å². The summed E-state index contributed by atoms with van der Waals surface area (Å²) in [4.78, 5) is 3.64. The highest BCUT2D eigenvalue weighted by Crippen LogP contribution is 2.36. The molecular formula is C20H28BrN. The van der Waals surface area contributed by atoms with Gasteiger partial charge in [-0.05, 0) is 61.3 Å². The Bertz CT molecular complexity index is 628. The first-order valence-electron chi connectivity index (χ1n) is 9.00. The van der Waals surface area contributed by atoms with Crippen molar-refractivity contribution in [1.29, 1.82) is 0 Å². The summed E-state index contributed by atoms with van der Waals surface area (Å²) in [5, 5.41) is 1.44. The quantitative estimate of drug-likeness (QED) is 0.593. The van der Waals surface area contributed by atoms with E-state index in [4.69, 9.17) is 0 Å². The molecule has 1 aliphatic rings. The van der Waals surface area contributed by atoms with E-state index in [1.54, 1.807) is 5.56 Å². The van der Waals surface area contributed by atoms with E-state index < -0.39 is 0 Å². The summed E-state index contributed by atoms with van der Waals surface area (Å²) in [6.07, 6.45) is 10.8. The van der Waals surface area contributed by atoms with Crippen molar-refractivity contribution >= 4 is 26.8 Å². The fourth-order valence-electron chi connectivity index (χ4n) is 4.12. The minimum Gasteiger partial charge on any atom is -0.358 e. The van der Waals surface area contributed by atoms with Crippen molar-refractivity contribution in [2.75, 3.05) is 0 Å². The van der Waals surface area contributed by atoms with Crippen molar-refractivity contribution in [2.24, 2.45) is 11.8 Å². The molecule has 2 heteroatoms. The number of unbranched alkanes of at least 4 members (excludes halogenated alkanes) is 1.